The third kappa shape index (κ3) is 9.00. The summed E-state index contributed by atoms with van der Waals surface area (Å²) < 4.78 is 10.4. The van der Waals surface area contributed by atoms with Crippen molar-refractivity contribution in [3.05, 3.63) is 36.4 Å². The van der Waals surface area contributed by atoms with Gasteiger partial charge in [0, 0.05) is 6.04 Å². The van der Waals surface area contributed by atoms with Crippen molar-refractivity contribution < 1.29 is 19.1 Å². The van der Waals surface area contributed by atoms with Crippen LogP contribution in [0.2, 0.25) is 0 Å². The molecule has 0 radical (unpaired) electrons. The predicted octanol–water partition coefficient (Wildman–Crippen LogP) is 2.94. The minimum Gasteiger partial charge on any atom is -0.455 e. The molecular weight excluding hydrogens is 440 g/mol. The Labute approximate surface area is 198 Å². The van der Waals surface area contributed by atoms with Crippen molar-refractivity contribution >= 4 is 35.0 Å². The van der Waals surface area contributed by atoms with Gasteiger partial charge in [0.05, 0.1) is 6.04 Å². The number of nitrogens with two attached hydrogens (primary N) is 3. The number of pyridine rings is 1. The molecule has 0 aliphatic carbocycles. The monoisotopic (exact) mass is 472 g/mol. The number of nitrogens with zero attached hydrogens (tertiary/aromatic N) is 3. The number of ether oxygens (including phenoxy) is 2. The number of unbranched alkanes of at least 4 members (excludes halogenated alkanes) is 1. The Balaban J connectivity index is 1.98. The quantitative estimate of drug-likeness (QED) is 0.177. The van der Waals surface area contributed by atoms with E-state index in [2.05, 4.69) is 25.8 Å². The second kappa shape index (κ2) is 13.7. The van der Waals surface area contributed by atoms with Crippen LogP contribution in [0.5, 0.6) is 5.75 Å². The first-order valence-corrected chi connectivity index (χ1v) is 10.9. The molecule has 1 heterocycles. The van der Waals surface area contributed by atoms with Gasteiger partial charge in [-0.05, 0) is 57.5 Å². The fourth-order valence-corrected chi connectivity index (χ4v) is 2.67. The van der Waals surface area contributed by atoms with Crippen LogP contribution in [-0.4, -0.2) is 42.4 Å². The Bertz CT molecular complexity index is 983. The number of carbonyl (C=O) groups is 2. The lowest BCUT2D eigenvalue weighted by Crippen LogP contribution is -2.35. The zero-order chi connectivity index (χ0) is 24.9. The van der Waals surface area contributed by atoms with Crippen LogP contribution < -0.4 is 32.6 Å². The first kappa shape index (κ1) is 26.5. The van der Waals surface area contributed by atoms with Crippen molar-refractivity contribution in [3.8, 4) is 5.75 Å². The van der Waals surface area contributed by atoms with E-state index >= 15 is 0 Å². The fourth-order valence-electron chi connectivity index (χ4n) is 2.67. The van der Waals surface area contributed by atoms with Crippen LogP contribution in [0.4, 0.5) is 27.8 Å². The van der Waals surface area contributed by atoms with Gasteiger partial charge in [0.15, 0.2) is 11.6 Å². The Morgan fingerprint density at radius 2 is 1.82 bits per heavy atom. The van der Waals surface area contributed by atoms with Gasteiger partial charge < -0.3 is 37.3 Å². The number of anilines is 2. The highest BCUT2D eigenvalue weighted by molar-refractivity contribution is 5.94. The van der Waals surface area contributed by atoms with Crippen molar-refractivity contribution in [2.75, 3.05) is 24.4 Å². The van der Waals surface area contributed by atoms with E-state index in [0.717, 1.165) is 12.8 Å². The van der Waals surface area contributed by atoms with Crippen LogP contribution in [0.3, 0.4) is 0 Å². The predicted molar refractivity (Wildman–Crippen MR) is 129 cm³/mol. The second-order valence-electron chi connectivity index (χ2n) is 7.64. The summed E-state index contributed by atoms with van der Waals surface area (Å²) in [6.45, 7) is 3.90. The van der Waals surface area contributed by atoms with Crippen LogP contribution in [-0.2, 0) is 9.53 Å². The summed E-state index contributed by atoms with van der Waals surface area (Å²) in [6.07, 6.45) is 1.51. The summed E-state index contributed by atoms with van der Waals surface area (Å²) in [7, 11) is 0. The number of rotatable bonds is 12. The average Bonchev–Trinajstić information content (AvgIpc) is 2.79. The minimum atomic E-state index is -0.661. The van der Waals surface area contributed by atoms with E-state index in [1.807, 2.05) is 13.8 Å². The molecule has 0 spiro atoms. The number of nitrogen functional groups attached to an aromatic ring is 1. The van der Waals surface area contributed by atoms with Crippen LogP contribution in [0.15, 0.2) is 46.6 Å². The highest BCUT2D eigenvalue weighted by Crippen LogP contribution is 2.30. The maximum Gasteiger partial charge on any atom is 0.410 e. The molecule has 34 heavy (non-hydrogen) atoms. The molecule has 8 N–H and O–H groups in total. The highest BCUT2D eigenvalue weighted by Gasteiger charge is 2.14. The Morgan fingerprint density at radius 1 is 1.09 bits per heavy atom. The van der Waals surface area contributed by atoms with Crippen LogP contribution in [0, 0.1) is 0 Å². The van der Waals surface area contributed by atoms with Crippen molar-refractivity contribution in [3.63, 3.8) is 0 Å². The number of hydrogen-bond acceptors (Lipinski definition) is 10. The van der Waals surface area contributed by atoms with Crippen LogP contribution in [0.1, 0.15) is 33.1 Å². The number of aromatic nitrogens is 1. The SMILES string of the molecule is CC(C)NC(=O)OCOc1ccccc1N=Nc1ccc(NC(=O)[C@@H](N)CCCCN)nc1N. The number of carbonyl (C=O) groups excluding carboxylic acids is 2. The highest BCUT2D eigenvalue weighted by atomic mass is 16.7. The Kier molecular flexibility index (Phi) is 10.7. The van der Waals surface area contributed by atoms with Crippen molar-refractivity contribution in [1.29, 1.82) is 0 Å². The second-order valence-corrected chi connectivity index (χ2v) is 7.64. The van der Waals surface area contributed by atoms with Gasteiger partial charge in [-0.3, -0.25) is 4.79 Å². The fraction of sp³-hybridized carbons (Fsp3) is 0.409. The summed E-state index contributed by atoms with van der Waals surface area (Å²) in [5.74, 6) is 0.345. The van der Waals surface area contributed by atoms with Crippen molar-refractivity contribution in [2.24, 2.45) is 21.7 Å². The Hall–Kier alpha value is -3.77. The maximum atomic E-state index is 12.2. The largest absolute Gasteiger partial charge is 0.455 e. The molecular formula is C22H32N8O4. The number of azo groups is 1. The molecule has 1 aromatic carbocycles. The van der Waals surface area contributed by atoms with Crippen LogP contribution in [0.25, 0.3) is 0 Å². The van der Waals surface area contributed by atoms with E-state index < -0.39 is 12.1 Å². The lowest BCUT2D eigenvalue weighted by atomic mass is 10.1. The van der Waals surface area contributed by atoms with Crippen LogP contribution >= 0.6 is 0 Å². The zero-order valence-electron chi connectivity index (χ0n) is 19.4. The van der Waals surface area contributed by atoms with Gasteiger partial charge in [0.1, 0.15) is 17.2 Å². The maximum absolute atomic E-state index is 12.2. The molecule has 2 aromatic rings. The average molecular weight is 473 g/mol. The molecule has 0 bridgehead atoms. The van der Waals surface area contributed by atoms with Gasteiger partial charge in [0.25, 0.3) is 0 Å². The minimum absolute atomic E-state index is 0.0505. The number of para-hydroxylation sites is 1. The van der Waals surface area contributed by atoms with E-state index in [9.17, 15) is 9.59 Å². The van der Waals surface area contributed by atoms with Gasteiger partial charge in [0.2, 0.25) is 12.7 Å². The molecule has 12 nitrogen and oxygen atoms in total. The molecule has 0 saturated heterocycles. The Morgan fingerprint density at radius 3 is 2.53 bits per heavy atom. The first-order valence-electron chi connectivity index (χ1n) is 10.9. The molecule has 184 valence electrons. The summed E-state index contributed by atoms with van der Waals surface area (Å²) in [4.78, 5) is 27.9. The van der Waals surface area contributed by atoms with Crippen molar-refractivity contribution in [2.45, 2.75) is 45.2 Å². The molecule has 0 aliphatic rings. The molecule has 2 amide bonds. The van der Waals surface area contributed by atoms with E-state index in [1.54, 1.807) is 36.4 Å². The molecule has 1 atom stereocenters. The number of amides is 2. The lowest BCUT2D eigenvalue weighted by Gasteiger charge is -2.12. The van der Waals surface area contributed by atoms with Gasteiger partial charge >= 0.3 is 6.09 Å². The molecule has 12 heteroatoms. The normalized spacial score (nSPS) is 11.9. The first-order chi connectivity index (χ1) is 16.3. The summed E-state index contributed by atoms with van der Waals surface area (Å²) in [5.41, 5.74) is 18.0. The van der Waals surface area contributed by atoms with E-state index in [-0.39, 0.29) is 30.4 Å². The van der Waals surface area contributed by atoms with E-state index in [0.29, 0.717) is 30.1 Å². The number of alkyl carbamates (subject to hydrolysis) is 1. The molecule has 0 aliphatic heterocycles. The van der Waals surface area contributed by atoms with Gasteiger partial charge in [-0.25, -0.2) is 9.78 Å². The summed E-state index contributed by atoms with van der Waals surface area (Å²) in [5, 5.41) is 13.5. The van der Waals surface area contributed by atoms with Gasteiger partial charge in [-0.2, -0.15) is 0 Å². The molecule has 2 rings (SSSR count). The third-order valence-electron chi connectivity index (χ3n) is 4.40. The smallest absolute Gasteiger partial charge is 0.410 e. The number of benzene rings is 1. The standard InChI is InChI=1S/C22H32N8O4/c1-14(2)26-22(32)34-13-33-18-9-4-3-8-16(18)29-30-17-10-11-19(27-20(17)25)28-21(31)15(24)7-5-6-12-23/h3-4,8-11,14-15H,5-7,12-13,23-24H2,1-2H3,(H,26,32)(H3,25,27,28,31)/t15-/m0/s1. The molecule has 0 fully saturated rings. The third-order valence-corrected chi connectivity index (χ3v) is 4.40. The molecule has 0 unspecified atom stereocenters. The van der Waals surface area contributed by atoms with E-state index in [4.69, 9.17) is 26.7 Å². The zero-order valence-corrected chi connectivity index (χ0v) is 19.4. The van der Waals surface area contributed by atoms with Gasteiger partial charge in [-0.1, -0.05) is 18.6 Å². The van der Waals surface area contributed by atoms with Crippen molar-refractivity contribution in [1.82, 2.24) is 10.3 Å². The topological polar surface area (TPSA) is 192 Å². The number of hydrogen-bond donors (Lipinski definition) is 5. The summed E-state index contributed by atoms with van der Waals surface area (Å²) in [6, 6.07) is 9.26. The lowest BCUT2D eigenvalue weighted by molar-refractivity contribution is -0.117. The van der Waals surface area contributed by atoms with Gasteiger partial charge in [-0.15, -0.1) is 10.2 Å². The van der Waals surface area contributed by atoms with E-state index in [1.165, 1.54) is 0 Å². The molecule has 0 saturated carbocycles. The molecule has 1 aromatic heterocycles. The summed E-state index contributed by atoms with van der Waals surface area (Å²) >= 11 is 0. The number of nitrogens with one attached hydrogen (secondary N) is 2.